The van der Waals surface area contributed by atoms with E-state index in [9.17, 15) is 13.2 Å². The van der Waals surface area contributed by atoms with Gasteiger partial charge in [0.05, 0.1) is 12.2 Å². The van der Waals surface area contributed by atoms with Gasteiger partial charge in [0.2, 0.25) is 0 Å². The van der Waals surface area contributed by atoms with E-state index in [4.69, 9.17) is 14.6 Å². The summed E-state index contributed by atoms with van der Waals surface area (Å²) in [5, 5.41) is 7.12. The van der Waals surface area contributed by atoms with Crippen LogP contribution in [0.3, 0.4) is 0 Å². The number of hydrogen-bond acceptors (Lipinski definition) is 5. The van der Waals surface area contributed by atoms with Gasteiger partial charge >= 0.3 is 12.1 Å². The average molecular weight is 437 g/mol. The van der Waals surface area contributed by atoms with Gasteiger partial charge in [-0.3, -0.25) is 0 Å². The quantitative estimate of drug-likeness (QED) is 0.786. The molecular weight excluding hydrogens is 411 g/mol. The number of alkyl halides is 3. The second-order valence-corrected chi connectivity index (χ2v) is 7.95. The van der Waals surface area contributed by atoms with Gasteiger partial charge < -0.3 is 14.7 Å². The molecule has 1 unspecified atom stereocenters. The van der Waals surface area contributed by atoms with E-state index in [2.05, 4.69) is 45.2 Å². The molecule has 1 aromatic carbocycles. The average Bonchev–Trinajstić information content (AvgIpc) is 3.18. The highest BCUT2D eigenvalue weighted by Crippen LogP contribution is 2.42. The van der Waals surface area contributed by atoms with Crippen molar-refractivity contribution in [3.63, 3.8) is 0 Å². The van der Waals surface area contributed by atoms with Crippen LogP contribution >= 0.6 is 0 Å². The number of carboxylic acid groups (broad SMARTS) is 1. The minimum atomic E-state index is -5.08. The predicted molar refractivity (Wildman–Crippen MR) is 108 cm³/mol. The Morgan fingerprint density at radius 3 is 2.35 bits per heavy atom. The topological polar surface area (TPSA) is 75.5 Å². The van der Waals surface area contributed by atoms with E-state index in [1.54, 1.807) is 6.33 Å². The lowest BCUT2D eigenvalue weighted by Crippen LogP contribution is -2.44. The molecular formula is C22H26F3N3O3. The number of carbonyl (C=O) groups is 1. The van der Waals surface area contributed by atoms with Crippen LogP contribution in [0.15, 0.2) is 49.1 Å². The SMILES string of the molecule is O=C(O)C(F)(F)F.c1ccc(CCN2CCC3(CC2)CC(c2cncnc2)CO3)cc1. The lowest BCUT2D eigenvalue weighted by molar-refractivity contribution is -0.192. The molecule has 1 spiro atoms. The number of rotatable bonds is 4. The molecule has 9 heteroatoms. The molecule has 2 saturated heterocycles. The van der Waals surface area contributed by atoms with Gasteiger partial charge in [-0.15, -0.1) is 0 Å². The Hall–Kier alpha value is -2.52. The predicted octanol–water partition coefficient (Wildman–Crippen LogP) is 3.69. The number of ether oxygens (including phenoxy) is 1. The van der Waals surface area contributed by atoms with Crippen molar-refractivity contribution in [2.75, 3.05) is 26.2 Å². The first-order chi connectivity index (χ1) is 14.8. The van der Waals surface area contributed by atoms with Gasteiger partial charge in [0.1, 0.15) is 6.33 Å². The maximum absolute atomic E-state index is 10.6. The van der Waals surface area contributed by atoms with Crippen LogP contribution in [0.25, 0.3) is 0 Å². The summed E-state index contributed by atoms with van der Waals surface area (Å²) in [6.45, 7) is 4.25. The summed E-state index contributed by atoms with van der Waals surface area (Å²) in [6, 6.07) is 10.8. The van der Waals surface area contributed by atoms with Crippen molar-refractivity contribution in [3.8, 4) is 0 Å². The summed E-state index contributed by atoms with van der Waals surface area (Å²) < 4.78 is 38.0. The first kappa shape index (κ1) is 23.1. The van der Waals surface area contributed by atoms with E-state index in [0.29, 0.717) is 5.92 Å². The molecule has 0 amide bonds. The molecule has 31 heavy (non-hydrogen) atoms. The normalized spacial score (nSPS) is 20.8. The number of aliphatic carboxylic acids is 1. The Bertz CT molecular complexity index is 826. The maximum atomic E-state index is 10.6. The fourth-order valence-electron chi connectivity index (χ4n) is 4.04. The number of piperidine rings is 1. The molecule has 168 valence electrons. The van der Waals surface area contributed by atoms with Gasteiger partial charge in [-0.2, -0.15) is 13.2 Å². The van der Waals surface area contributed by atoms with E-state index < -0.39 is 12.1 Å². The zero-order chi connectivity index (χ0) is 22.3. The molecule has 2 aromatic rings. The van der Waals surface area contributed by atoms with E-state index >= 15 is 0 Å². The number of aromatic nitrogens is 2. The third-order valence-corrected chi connectivity index (χ3v) is 5.83. The summed E-state index contributed by atoms with van der Waals surface area (Å²) in [7, 11) is 0. The largest absolute Gasteiger partial charge is 0.490 e. The highest BCUT2D eigenvalue weighted by atomic mass is 19.4. The number of halogens is 3. The molecule has 2 aliphatic rings. The van der Waals surface area contributed by atoms with Gasteiger partial charge in [0, 0.05) is 37.9 Å². The molecule has 0 bridgehead atoms. The van der Waals surface area contributed by atoms with Gasteiger partial charge in [-0.1, -0.05) is 30.3 Å². The van der Waals surface area contributed by atoms with Gasteiger partial charge in [0.15, 0.2) is 0 Å². The van der Waals surface area contributed by atoms with Crippen molar-refractivity contribution in [2.45, 2.75) is 43.4 Å². The fourth-order valence-corrected chi connectivity index (χ4v) is 4.04. The monoisotopic (exact) mass is 437 g/mol. The molecule has 4 rings (SSSR count). The minimum absolute atomic E-state index is 0.0871. The highest BCUT2D eigenvalue weighted by Gasteiger charge is 2.43. The molecule has 1 aromatic heterocycles. The lowest BCUT2D eigenvalue weighted by Gasteiger charge is -2.38. The van der Waals surface area contributed by atoms with Crippen molar-refractivity contribution >= 4 is 5.97 Å². The number of likely N-dealkylation sites (tertiary alicyclic amines) is 1. The molecule has 1 atom stereocenters. The summed E-state index contributed by atoms with van der Waals surface area (Å²) in [4.78, 5) is 19.8. The van der Waals surface area contributed by atoms with Gasteiger partial charge in [0.25, 0.3) is 0 Å². The number of carboxylic acids is 1. The summed E-state index contributed by atoms with van der Waals surface area (Å²) in [6.07, 6.45) is 4.94. The molecule has 3 heterocycles. The molecule has 2 aliphatic heterocycles. The molecule has 0 aliphatic carbocycles. The third kappa shape index (κ3) is 6.73. The van der Waals surface area contributed by atoms with Crippen LogP contribution in [0.1, 0.15) is 36.3 Å². The van der Waals surface area contributed by atoms with E-state index in [0.717, 1.165) is 51.9 Å². The lowest BCUT2D eigenvalue weighted by atomic mass is 9.83. The van der Waals surface area contributed by atoms with Crippen LogP contribution in [0.4, 0.5) is 13.2 Å². The minimum Gasteiger partial charge on any atom is -0.475 e. The van der Waals surface area contributed by atoms with E-state index in [1.807, 2.05) is 12.4 Å². The second-order valence-electron chi connectivity index (χ2n) is 7.95. The highest BCUT2D eigenvalue weighted by molar-refractivity contribution is 5.73. The van der Waals surface area contributed by atoms with Crippen molar-refractivity contribution < 1.29 is 27.8 Å². The smallest absolute Gasteiger partial charge is 0.475 e. The van der Waals surface area contributed by atoms with Crippen LogP contribution < -0.4 is 0 Å². The van der Waals surface area contributed by atoms with E-state index in [1.165, 1.54) is 11.1 Å². The van der Waals surface area contributed by atoms with Crippen molar-refractivity contribution in [1.82, 2.24) is 14.9 Å². The van der Waals surface area contributed by atoms with Crippen LogP contribution in [0, 0.1) is 0 Å². The summed E-state index contributed by atoms with van der Waals surface area (Å²) in [5.41, 5.74) is 2.74. The standard InChI is InChI=1S/C20H25N3O.C2HF3O2/c1-2-4-17(5-3-1)6-9-23-10-7-20(8-11-23)12-18(15-24-20)19-13-21-16-22-14-19;3-2(4,5)1(6)7/h1-5,13-14,16,18H,6-12,15H2;(H,6,7). The van der Waals surface area contributed by atoms with Crippen molar-refractivity contribution in [2.24, 2.45) is 0 Å². The molecule has 1 N–H and O–H groups in total. The zero-order valence-electron chi connectivity index (χ0n) is 17.1. The van der Waals surface area contributed by atoms with Crippen LogP contribution in [0.5, 0.6) is 0 Å². The fraction of sp³-hybridized carbons (Fsp3) is 0.500. The number of benzene rings is 1. The first-order valence-electron chi connectivity index (χ1n) is 10.2. The van der Waals surface area contributed by atoms with Crippen molar-refractivity contribution in [1.29, 1.82) is 0 Å². The van der Waals surface area contributed by atoms with Crippen LogP contribution in [-0.4, -0.2) is 64.0 Å². The zero-order valence-corrected chi connectivity index (χ0v) is 17.1. The van der Waals surface area contributed by atoms with Gasteiger partial charge in [-0.05, 0) is 36.8 Å². The van der Waals surface area contributed by atoms with Gasteiger partial charge in [-0.25, -0.2) is 14.8 Å². The summed E-state index contributed by atoms with van der Waals surface area (Å²) in [5.74, 6) is -2.30. The Morgan fingerprint density at radius 2 is 1.77 bits per heavy atom. The molecule has 6 nitrogen and oxygen atoms in total. The number of nitrogens with zero attached hydrogens (tertiary/aromatic N) is 3. The molecule has 2 fully saturated rings. The van der Waals surface area contributed by atoms with Crippen LogP contribution in [0.2, 0.25) is 0 Å². The van der Waals surface area contributed by atoms with E-state index in [-0.39, 0.29) is 5.60 Å². The molecule has 0 radical (unpaired) electrons. The third-order valence-electron chi connectivity index (χ3n) is 5.83. The summed E-state index contributed by atoms with van der Waals surface area (Å²) >= 11 is 0. The Kier molecular flexibility index (Phi) is 7.61. The molecule has 0 saturated carbocycles. The Balaban J connectivity index is 0.000000339. The van der Waals surface area contributed by atoms with Crippen molar-refractivity contribution in [3.05, 3.63) is 60.2 Å². The van der Waals surface area contributed by atoms with Crippen LogP contribution in [-0.2, 0) is 16.0 Å². The Morgan fingerprint density at radius 1 is 1.16 bits per heavy atom. The second kappa shape index (κ2) is 10.2. The Labute approximate surface area is 179 Å². The maximum Gasteiger partial charge on any atom is 0.490 e. The first-order valence-corrected chi connectivity index (χ1v) is 10.2. The number of hydrogen-bond donors (Lipinski definition) is 1.